The molecule has 41 heavy (non-hydrogen) atoms. The number of nitrogens with one attached hydrogen (secondary N) is 1. The van der Waals surface area contributed by atoms with Crippen LogP contribution in [0.2, 0.25) is 0 Å². The van der Waals surface area contributed by atoms with E-state index >= 15 is 4.39 Å². The zero-order valence-electron chi connectivity index (χ0n) is 23.0. The first-order chi connectivity index (χ1) is 19.9. The van der Waals surface area contributed by atoms with Gasteiger partial charge in [0.05, 0.1) is 29.3 Å². The molecule has 0 aliphatic heterocycles. The number of hydrogen-bond acceptors (Lipinski definition) is 6. The van der Waals surface area contributed by atoms with Crippen LogP contribution >= 0.6 is 0 Å². The zero-order valence-corrected chi connectivity index (χ0v) is 23.0. The zero-order chi connectivity index (χ0) is 28.9. The Hall–Kier alpha value is -5.36. The predicted octanol–water partition coefficient (Wildman–Crippen LogP) is 5.86. The van der Waals surface area contributed by atoms with Crippen LogP contribution in [0.25, 0.3) is 11.0 Å². The Balaban J connectivity index is 1.66. The monoisotopic (exact) mass is 545 g/mol. The van der Waals surface area contributed by atoms with Gasteiger partial charge < -0.3 is 14.8 Å². The average molecular weight is 546 g/mol. The second-order valence-electron chi connectivity index (χ2n) is 9.44. The minimum atomic E-state index is -0.569. The number of aromatic nitrogens is 3. The number of nitriles is 1. The number of hydrogen-bond donors (Lipinski definition) is 1. The molecule has 0 bridgehead atoms. The van der Waals surface area contributed by atoms with Crippen LogP contribution in [-0.4, -0.2) is 39.7 Å². The summed E-state index contributed by atoms with van der Waals surface area (Å²) in [5, 5.41) is 11.2. The molecular formula is C32H28FN7O. The van der Waals surface area contributed by atoms with Crippen LogP contribution in [0.15, 0.2) is 90.2 Å². The van der Waals surface area contributed by atoms with Crippen molar-refractivity contribution in [1.82, 2.24) is 19.9 Å². The normalized spacial score (nSPS) is 10.7. The number of carbonyl (C=O) groups excluding carboxylic acids is 1. The molecule has 2 aromatic heterocycles. The molecule has 0 aliphatic rings. The highest BCUT2D eigenvalue weighted by Crippen LogP contribution is 2.35. The van der Waals surface area contributed by atoms with Gasteiger partial charge in [-0.05, 0) is 24.1 Å². The number of anilines is 2. The molecule has 1 amide bonds. The van der Waals surface area contributed by atoms with Crippen molar-refractivity contribution in [3.63, 3.8) is 0 Å². The Morgan fingerprint density at radius 1 is 1.05 bits per heavy atom. The minimum absolute atomic E-state index is 0.155. The van der Waals surface area contributed by atoms with Crippen molar-refractivity contribution in [2.75, 3.05) is 18.5 Å². The highest BCUT2D eigenvalue weighted by Gasteiger charge is 2.21. The van der Waals surface area contributed by atoms with Gasteiger partial charge in [-0.2, -0.15) is 5.26 Å². The number of rotatable bonds is 8. The van der Waals surface area contributed by atoms with Gasteiger partial charge in [-0.25, -0.2) is 19.4 Å². The minimum Gasteiger partial charge on any atom is -0.339 e. The predicted molar refractivity (Wildman–Crippen MR) is 158 cm³/mol. The first kappa shape index (κ1) is 27.2. The van der Waals surface area contributed by atoms with E-state index in [0.29, 0.717) is 34.8 Å². The van der Waals surface area contributed by atoms with E-state index in [0.717, 1.165) is 22.4 Å². The molecule has 204 valence electrons. The van der Waals surface area contributed by atoms with Crippen molar-refractivity contribution in [2.24, 2.45) is 12.0 Å². The first-order valence-corrected chi connectivity index (χ1v) is 13.1. The largest absolute Gasteiger partial charge is 0.339 e. The molecule has 0 fully saturated rings. The van der Waals surface area contributed by atoms with E-state index < -0.39 is 11.7 Å². The summed E-state index contributed by atoms with van der Waals surface area (Å²) >= 11 is 0. The molecule has 0 spiro atoms. The van der Waals surface area contributed by atoms with Crippen molar-refractivity contribution >= 4 is 40.0 Å². The van der Waals surface area contributed by atoms with Gasteiger partial charge in [-0.15, -0.1) is 0 Å². The highest BCUT2D eigenvalue weighted by atomic mass is 19.1. The molecule has 0 unspecified atom stereocenters. The van der Waals surface area contributed by atoms with Crippen LogP contribution in [-0.2, 0) is 13.5 Å². The third-order valence-corrected chi connectivity index (χ3v) is 6.79. The number of amides is 1. The van der Waals surface area contributed by atoms with Gasteiger partial charge in [0, 0.05) is 36.9 Å². The fourth-order valence-corrected chi connectivity index (χ4v) is 4.71. The Morgan fingerprint density at radius 2 is 1.71 bits per heavy atom. The summed E-state index contributed by atoms with van der Waals surface area (Å²) in [5.74, 6) is -0.204. The lowest BCUT2D eigenvalue weighted by Crippen LogP contribution is -2.24. The number of fused-ring (bicyclic) bond motifs is 1. The van der Waals surface area contributed by atoms with Gasteiger partial charge >= 0.3 is 0 Å². The maximum absolute atomic E-state index is 15.6. The molecule has 0 saturated carbocycles. The smallest absolute Gasteiger partial charge is 0.252 e. The molecule has 0 atom stereocenters. The maximum atomic E-state index is 15.6. The van der Waals surface area contributed by atoms with E-state index in [-0.39, 0.29) is 12.1 Å². The van der Waals surface area contributed by atoms with Crippen molar-refractivity contribution in [1.29, 1.82) is 5.26 Å². The van der Waals surface area contributed by atoms with Crippen LogP contribution < -0.4 is 10.2 Å². The number of aryl methyl sites for hydroxylation is 2. The molecule has 5 aromatic rings. The van der Waals surface area contributed by atoms with Crippen LogP contribution in [0, 0.1) is 17.1 Å². The van der Waals surface area contributed by atoms with Gasteiger partial charge in [-0.1, -0.05) is 67.6 Å². The van der Waals surface area contributed by atoms with Gasteiger partial charge in [0.15, 0.2) is 5.82 Å². The lowest BCUT2D eigenvalue weighted by atomic mass is 10.0. The van der Waals surface area contributed by atoms with Crippen molar-refractivity contribution in [3.8, 4) is 6.07 Å². The van der Waals surface area contributed by atoms with Gasteiger partial charge in [-0.3, -0.25) is 4.79 Å². The fourth-order valence-electron chi connectivity index (χ4n) is 4.71. The summed E-state index contributed by atoms with van der Waals surface area (Å²) < 4.78 is 17.5. The molecule has 9 heteroatoms. The number of carbonyl (C=O) groups is 1. The van der Waals surface area contributed by atoms with E-state index in [2.05, 4.69) is 10.3 Å². The quantitative estimate of drug-likeness (QED) is 0.195. The lowest BCUT2D eigenvalue weighted by Gasteiger charge is -2.23. The summed E-state index contributed by atoms with van der Waals surface area (Å²) in [6, 6.07) is 26.3. The fraction of sp³-hybridized carbons (Fsp3) is 0.156. The number of halogens is 1. The number of nitrogens with zero attached hydrogens (tertiary/aromatic N) is 6. The van der Waals surface area contributed by atoms with E-state index in [4.69, 9.17) is 15.2 Å². The summed E-state index contributed by atoms with van der Waals surface area (Å²) in [6.07, 6.45) is 2.17. The first-order valence-electron chi connectivity index (χ1n) is 13.1. The third kappa shape index (κ3) is 5.54. The van der Waals surface area contributed by atoms with Crippen molar-refractivity contribution in [3.05, 3.63) is 113 Å². The molecule has 8 nitrogen and oxygen atoms in total. The Labute approximate surface area is 237 Å². The van der Waals surface area contributed by atoms with Crippen LogP contribution in [0.5, 0.6) is 0 Å². The van der Waals surface area contributed by atoms with Gasteiger partial charge in [0.2, 0.25) is 0 Å². The lowest BCUT2D eigenvalue weighted by molar-refractivity contribution is 0.0958. The van der Waals surface area contributed by atoms with E-state index in [1.54, 1.807) is 24.3 Å². The summed E-state index contributed by atoms with van der Waals surface area (Å²) in [7, 11) is 3.62. The summed E-state index contributed by atoms with van der Waals surface area (Å²) in [6.45, 7) is 1.73. The molecule has 2 heterocycles. The molecule has 5 rings (SSSR count). The molecule has 1 N–H and O–H groups in total. The standard InChI is InChI=1S/C32H28FN7O/c1-4-21-17-24(32(41)35-16-15-34)18-25(33)30(21)40(3)27-19-26-29(36-20-39(26)2)31(37-27)38-28(22-11-7-5-8-12-22)23-13-9-6-10-14-23/h5-14,17-20H,4,16H2,1-3H3,(H,35,41). The number of imidazole rings is 1. The SMILES string of the molecule is CCc1cc(C(=O)NCC#N)cc(F)c1N(C)c1cc2c(ncn2C)c(N=C(c2ccccc2)c2ccccc2)n1. The molecular weight excluding hydrogens is 517 g/mol. The van der Waals surface area contributed by atoms with Crippen LogP contribution in [0.3, 0.4) is 0 Å². The third-order valence-electron chi connectivity index (χ3n) is 6.79. The number of aliphatic imine (C=N–C) groups is 1. The van der Waals surface area contributed by atoms with Crippen LogP contribution in [0.4, 0.5) is 21.7 Å². The van der Waals surface area contributed by atoms with E-state index in [9.17, 15) is 4.79 Å². The summed E-state index contributed by atoms with van der Waals surface area (Å²) in [5.41, 5.74) is 5.07. The molecule has 0 radical (unpaired) electrons. The Morgan fingerprint density at radius 3 is 2.32 bits per heavy atom. The number of benzene rings is 3. The maximum Gasteiger partial charge on any atom is 0.252 e. The average Bonchev–Trinajstić information content (AvgIpc) is 3.39. The topological polar surface area (TPSA) is 99.2 Å². The van der Waals surface area contributed by atoms with Crippen molar-refractivity contribution in [2.45, 2.75) is 13.3 Å². The summed E-state index contributed by atoms with van der Waals surface area (Å²) in [4.78, 5) is 28.6. The second kappa shape index (κ2) is 11.8. The van der Waals surface area contributed by atoms with Crippen molar-refractivity contribution < 1.29 is 9.18 Å². The molecule has 3 aromatic carbocycles. The van der Waals surface area contributed by atoms with Crippen LogP contribution in [0.1, 0.15) is 34.0 Å². The molecule has 0 aliphatic carbocycles. The Kier molecular flexibility index (Phi) is 7.83. The van der Waals surface area contributed by atoms with Gasteiger partial charge in [0.1, 0.15) is 23.7 Å². The highest BCUT2D eigenvalue weighted by molar-refractivity contribution is 6.14. The molecule has 0 saturated heterocycles. The van der Waals surface area contributed by atoms with E-state index in [1.807, 2.05) is 91.3 Å². The second-order valence-corrected chi connectivity index (χ2v) is 9.44. The number of pyridine rings is 1. The Bertz CT molecular complexity index is 1750. The van der Waals surface area contributed by atoms with E-state index in [1.165, 1.54) is 6.07 Å². The van der Waals surface area contributed by atoms with Gasteiger partial charge in [0.25, 0.3) is 5.91 Å².